The van der Waals surface area contributed by atoms with Gasteiger partial charge in [-0.3, -0.25) is 4.99 Å². The third-order valence-electron chi connectivity index (χ3n) is 3.53. The normalized spacial score (nSPS) is 16.1. The van der Waals surface area contributed by atoms with E-state index in [-0.39, 0.29) is 0 Å². The second kappa shape index (κ2) is 3.92. The van der Waals surface area contributed by atoms with Gasteiger partial charge in [0.25, 0.3) is 0 Å². The van der Waals surface area contributed by atoms with Crippen molar-refractivity contribution in [2.45, 2.75) is 12.8 Å². The van der Waals surface area contributed by atoms with Crippen LogP contribution in [-0.4, -0.2) is 21.9 Å². The molecule has 0 bridgehead atoms. The molecule has 3 nitrogen and oxygen atoms in total. The lowest BCUT2D eigenvalue weighted by Gasteiger charge is -2.03. The molecule has 1 N–H and O–H groups in total. The molecule has 0 saturated carbocycles. The van der Waals surface area contributed by atoms with Gasteiger partial charge in [-0.1, -0.05) is 5.92 Å². The Hall–Kier alpha value is -2.21. The van der Waals surface area contributed by atoms with Crippen molar-refractivity contribution in [3.05, 3.63) is 29.5 Å². The number of aromatic hydroxyl groups is 1. The first-order valence-electron chi connectivity index (χ1n) is 6.00. The number of aryl methyl sites for hydroxylation is 2. The van der Waals surface area contributed by atoms with E-state index in [4.69, 9.17) is 6.42 Å². The van der Waals surface area contributed by atoms with Crippen LogP contribution < -0.4 is 0 Å². The molecule has 0 atom stereocenters. The second-order valence-corrected chi connectivity index (χ2v) is 4.55. The van der Waals surface area contributed by atoms with Crippen molar-refractivity contribution in [3.8, 4) is 18.1 Å². The Morgan fingerprint density at radius 1 is 1.44 bits per heavy atom. The molecule has 3 rings (SSSR count). The van der Waals surface area contributed by atoms with Gasteiger partial charge >= 0.3 is 0 Å². The Bertz CT molecular complexity index is 701. The van der Waals surface area contributed by atoms with E-state index in [1.807, 2.05) is 19.2 Å². The maximum atomic E-state index is 9.61. The molecular formula is C15H14N2O. The highest BCUT2D eigenvalue weighted by Gasteiger charge is 2.25. The first-order chi connectivity index (χ1) is 8.72. The van der Waals surface area contributed by atoms with Crippen molar-refractivity contribution in [1.82, 2.24) is 4.57 Å². The lowest BCUT2D eigenvalue weighted by Crippen LogP contribution is -2.03. The van der Waals surface area contributed by atoms with Crippen molar-refractivity contribution < 1.29 is 5.11 Å². The molecule has 0 radical (unpaired) electrons. The summed E-state index contributed by atoms with van der Waals surface area (Å²) in [4.78, 5) is 4.46. The van der Waals surface area contributed by atoms with Gasteiger partial charge in [-0.25, -0.2) is 0 Å². The molecule has 1 aromatic carbocycles. The van der Waals surface area contributed by atoms with E-state index in [9.17, 15) is 5.11 Å². The summed E-state index contributed by atoms with van der Waals surface area (Å²) in [5.41, 5.74) is 4.66. The third-order valence-corrected chi connectivity index (χ3v) is 3.53. The molecule has 1 aromatic heterocycles. The van der Waals surface area contributed by atoms with Gasteiger partial charge in [-0.05, 0) is 36.6 Å². The summed E-state index contributed by atoms with van der Waals surface area (Å²) < 4.78 is 2.15. The minimum absolute atomic E-state index is 0.310. The van der Waals surface area contributed by atoms with Gasteiger partial charge in [0.15, 0.2) is 0 Å². The molecule has 1 heterocycles. The van der Waals surface area contributed by atoms with Crippen LogP contribution in [0.1, 0.15) is 17.7 Å². The number of terminal acetylenes is 1. The Morgan fingerprint density at radius 2 is 2.28 bits per heavy atom. The zero-order chi connectivity index (χ0) is 12.7. The molecule has 90 valence electrons. The molecular weight excluding hydrogens is 224 g/mol. The number of benzene rings is 1. The van der Waals surface area contributed by atoms with E-state index in [1.165, 1.54) is 11.3 Å². The van der Waals surface area contributed by atoms with Crippen molar-refractivity contribution in [3.63, 3.8) is 0 Å². The number of hydrogen-bond acceptors (Lipinski definition) is 2. The molecule has 0 unspecified atom stereocenters. The number of hydrogen-bond donors (Lipinski definition) is 1. The topological polar surface area (TPSA) is 37.5 Å². The maximum Gasteiger partial charge on any atom is 0.116 e. The largest absolute Gasteiger partial charge is 0.508 e. The third kappa shape index (κ3) is 1.42. The molecule has 18 heavy (non-hydrogen) atoms. The van der Waals surface area contributed by atoms with Crippen LogP contribution in [-0.2, 0) is 13.5 Å². The standard InChI is InChI=1S/C15H14N2O/c1-3-8-16-13-6-5-11-12-9-10(18)4-7-14(12)17(2)15(11)13/h1,4,7,9,18H,5-6,8H2,2H3. The van der Waals surface area contributed by atoms with Crippen LogP contribution >= 0.6 is 0 Å². The zero-order valence-corrected chi connectivity index (χ0v) is 10.3. The van der Waals surface area contributed by atoms with Crippen molar-refractivity contribution in [2.75, 3.05) is 6.54 Å². The smallest absolute Gasteiger partial charge is 0.116 e. The second-order valence-electron chi connectivity index (χ2n) is 4.55. The number of phenols is 1. The highest BCUT2D eigenvalue weighted by molar-refractivity contribution is 6.09. The summed E-state index contributed by atoms with van der Waals surface area (Å²) in [7, 11) is 2.04. The molecule has 0 spiro atoms. The van der Waals surface area contributed by atoms with Crippen LogP contribution in [0.15, 0.2) is 23.2 Å². The molecule has 0 amide bonds. The van der Waals surface area contributed by atoms with Crippen LogP contribution in [0, 0.1) is 12.3 Å². The van der Waals surface area contributed by atoms with Gasteiger partial charge in [0.05, 0.1) is 18.0 Å². The Labute approximate surface area is 106 Å². The van der Waals surface area contributed by atoms with Gasteiger partial charge in [-0.2, -0.15) is 0 Å². The van der Waals surface area contributed by atoms with Gasteiger partial charge in [0, 0.05) is 18.0 Å². The fourth-order valence-corrected chi connectivity index (χ4v) is 2.79. The number of phenolic OH excluding ortho intramolecular Hbond substituents is 1. The van der Waals surface area contributed by atoms with E-state index in [2.05, 4.69) is 15.5 Å². The van der Waals surface area contributed by atoms with Crippen molar-refractivity contribution >= 4 is 16.6 Å². The number of aromatic nitrogens is 1. The average Bonchev–Trinajstić information content (AvgIpc) is 2.88. The minimum Gasteiger partial charge on any atom is -0.508 e. The van der Waals surface area contributed by atoms with Gasteiger partial charge in [0.1, 0.15) is 5.75 Å². The molecule has 0 fully saturated rings. The lowest BCUT2D eigenvalue weighted by molar-refractivity contribution is 0.476. The summed E-state index contributed by atoms with van der Waals surface area (Å²) in [5.74, 6) is 2.86. The van der Waals surface area contributed by atoms with Gasteiger partial charge in [-0.15, -0.1) is 6.42 Å². The molecule has 3 heteroatoms. The highest BCUT2D eigenvalue weighted by atomic mass is 16.3. The monoisotopic (exact) mass is 238 g/mol. The SMILES string of the molecule is C#CCN=C1CCc2c1n(C)c1ccc(O)cc21. The quantitative estimate of drug-likeness (QED) is 0.760. The summed E-state index contributed by atoms with van der Waals surface area (Å²) in [6, 6.07) is 5.50. The molecule has 1 aliphatic rings. The highest BCUT2D eigenvalue weighted by Crippen LogP contribution is 2.34. The summed E-state index contributed by atoms with van der Waals surface area (Å²) in [5, 5.41) is 10.7. The van der Waals surface area contributed by atoms with E-state index >= 15 is 0 Å². The number of fused-ring (bicyclic) bond motifs is 3. The number of rotatable bonds is 1. The van der Waals surface area contributed by atoms with Crippen LogP contribution in [0.25, 0.3) is 10.9 Å². The van der Waals surface area contributed by atoms with Gasteiger partial charge in [0.2, 0.25) is 0 Å². The van der Waals surface area contributed by atoms with Crippen LogP contribution in [0.3, 0.4) is 0 Å². The fraction of sp³-hybridized carbons (Fsp3) is 0.267. The molecule has 1 aliphatic carbocycles. The Balaban J connectivity index is 2.26. The van der Waals surface area contributed by atoms with E-state index in [0.29, 0.717) is 12.3 Å². The van der Waals surface area contributed by atoms with Gasteiger partial charge < -0.3 is 9.67 Å². The predicted octanol–water partition coefficient (Wildman–Crippen LogP) is 2.25. The fourth-order valence-electron chi connectivity index (χ4n) is 2.79. The van der Waals surface area contributed by atoms with Crippen molar-refractivity contribution in [1.29, 1.82) is 0 Å². The van der Waals surface area contributed by atoms with Crippen LogP contribution in [0.5, 0.6) is 5.75 Å². The van der Waals surface area contributed by atoms with E-state index < -0.39 is 0 Å². The Kier molecular flexibility index (Phi) is 2.38. The predicted molar refractivity (Wildman–Crippen MR) is 73.1 cm³/mol. The number of aliphatic imine (C=N–C) groups is 1. The molecule has 2 aromatic rings. The summed E-state index contributed by atoms with van der Waals surface area (Å²) >= 11 is 0. The minimum atomic E-state index is 0.310. The molecule has 0 aliphatic heterocycles. The average molecular weight is 238 g/mol. The van der Waals surface area contributed by atoms with Crippen LogP contribution in [0.2, 0.25) is 0 Å². The summed E-state index contributed by atoms with van der Waals surface area (Å²) in [6.07, 6.45) is 7.17. The van der Waals surface area contributed by atoms with Crippen LogP contribution in [0.4, 0.5) is 0 Å². The molecule has 0 saturated heterocycles. The Morgan fingerprint density at radius 3 is 3.06 bits per heavy atom. The van der Waals surface area contributed by atoms with E-state index in [0.717, 1.165) is 29.5 Å². The number of nitrogens with zero attached hydrogens (tertiary/aromatic N) is 2. The van der Waals surface area contributed by atoms with E-state index in [1.54, 1.807) is 6.07 Å². The first kappa shape index (κ1) is 10.9. The summed E-state index contributed by atoms with van der Waals surface area (Å²) in [6.45, 7) is 0.432. The zero-order valence-electron chi connectivity index (χ0n) is 10.3. The first-order valence-corrected chi connectivity index (χ1v) is 6.00. The maximum absolute atomic E-state index is 9.61. The lowest BCUT2D eigenvalue weighted by atomic mass is 10.1. The van der Waals surface area contributed by atoms with Crippen molar-refractivity contribution in [2.24, 2.45) is 12.0 Å².